The summed E-state index contributed by atoms with van der Waals surface area (Å²) in [4.78, 5) is 24.6. The zero-order chi connectivity index (χ0) is 21.3. The zero-order valence-electron chi connectivity index (χ0n) is 18.8. The molecule has 0 aliphatic heterocycles. The molecule has 0 amide bonds. The number of unbranched alkanes of at least 4 members (excludes halogenated alkanes) is 8. The van der Waals surface area contributed by atoms with Crippen LogP contribution in [0, 0.1) is 0 Å². The number of esters is 2. The van der Waals surface area contributed by atoms with Crippen molar-refractivity contribution in [2.24, 2.45) is 0 Å². The molecular formula is C25H40O4. The van der Waals surface area contributed by atoms with Crippen LogP contribution in [-0.4, -0.2) is 11.9 Å². The minimum Gasteiger partial charge on any atom is -0.423 e. The summed E-state index contributed by atoms with van der Waals surface area (Å²) in [6.07, 6.45) is 13.1. The Morgan fingerprint density at radius 3 is 1.83 bits per heavy atom. The van der Waals surface area contributed by atoms with E-state index in [2.05, 4.69) is 20.8 Å². The van der Waals surface area contributed by atoms with Crippen LogP contribution in [0.15, 0.2) is 18.2 Å². The van der Waals surface area contributed by atoms with Crippen LogP contribution in [0.2, 0.25) is 0 Å². The Labute approximate surface area is 177 Å². The number of benzene rings is 1. The van der Waals surface area contributed by atoms with Gasteiger partial charge in [-0.15, -0.1) is 0 Å². The lowest BCUT2D eigenvalue weighted by Crippen LogP contribution is -2.13. The van der Waals surface area contributed by atoms with E-state index < -0.39 is 0 Å². The first-order chi connectivity index (χ1) is 14.1. The van der Waals surface area contributed by atoms with Gasteiger partial charge in [0.05, 0.1) is 0 Å². The zero-order valence-corrected chi connectivity index (χ0v) is 18.8. The van der Waals surface area contributed by atoms with E-state index in [-0.39, 0.29) is 11.9 Å². The first-order valence-corrected chi connectivity index (χ1v) is 11.7. The van der Waals surface area contributed by atoms with Gasteiger partial charge in [0.15, 0.2) is 11.5 Å². The van der Waals surface area contributed by atoms with Crippen LogP contribution in [0.3, 0.4) is 0 Å². The van der Waals surface area contributed by atoms with E-state index in [1.54, 1.807) is 6.07 Å². The lowest BCUT2D eigenvalue weighted by molar-refractivity contribution is -0.137. The number of rotatable bonds is 16. The van der Waals surface area contributed by atoms with Gasteiger partial charge in [-0.3, -0.25) is 9.59 Å². The largest absolute Gasteiger partial charge is 0.423 e. The van der Waals surface area contributed by atoms with Crippen LogP contribution in [0.5, 0.6) is 11.5 Å². The Balaban J connectivity index is 2.80. The number of carbonyl (C=O) groups excluding carboxylic acids is 2. The van der Waals surface area contributed by atoms with Gasteiger partial charge in [-0.25, -0.2) is 0 Å². The average Bonchev–Trinajstić information content (AvgIpc) is 2.71. The summed E-state index contributed by atoms with van der Waals surface area (Å²) < 4.78 is 11.3. The second-order valence-corrected chi connectivity index (χ2v) is 7.77. The molecule has 0 atom stereocenters. The maximum Gasteiger partial charge on any atom is 0.311 e. The first-order valence-electron chi connectivity index (χ1n) is 11.7. The van der Waals surface area contributed by atoms with Crippen LogP contribution in [0.25, 0.3) is 0 Å². The predicted octanol–water partition coefficient (Wildman–Crippen LogP) is 7.17. The minimum absolute atomic E-state index is 0.246. The number of hydrogen-bond acceptors (Lipinski definition) is 4. The molecule has 0 spiro atoms. The molecule has 0 aromatic heterocycles. The monoisotopic (exact) mass is 404 g/mol. The van der Waals surface area contributed by atoms with E-state index in [0.29, 0.717) is 24.3 Å². The van der Waals surface area contributed by atoms with Crippen LogP contribution in [0.1, 0.15) is 110 Å². The van der Waals surface area contributed by atoms with Gasteiger partial charge >= 0.3 is 11.9 Å². The third-order valence-corrected chi connectivity index (χ3v) is 5.02. The van der Waals surface area contributed by atoms with Crippen molar-refractivity contribution in [1.29, 1.82) is 0 Å². The molecule has 0 N–H and O–H groups in total. The summed E-state index contributed by atoms with van der Waals surface area (Å²) in [7, 11) is 0. The fourth-order valence-corrected chi connectivity index (χ4v) is 3.25. The summed E-state index contributed by atoms with van der Waals surface area (Å²) in [5.41, 5.74) is 0.941. The molecule has 0 bridgehead atoms. The van der Waals surface area contributed by atoms with Crippen molar-refractivity contribution in [3.63, 3.8) is 0 Å². The summed E-state index contributed by atoms with van der Waals surface area (Å²) >= 11 is 0. The van der Waals surface area contributed by atoms with Crippen LogP contribution < -0.4 is 9.47 Å². The van der Waals surface area contributed by atoms with Crippen molar-refractivity contribution < 1.29 is 19.1 Å². The van der Waals surface area contributed by atoms with E-state index >= 15 is 0 Å². The summed E-state index contributed by atoms with van der Waals surface area (Å²) in [6.45, 7) is 6.45. The van der Waals surface area contributed by atoms with Crippen molar-refractivity contribution in [2.75, 3.05) is 0 Å². The van der Waals surface area contributed by atoms with E-state index in [0.717, 1.165) is 82.6 Å². The molecule has 0 saturated heterocycles. The molecule has 164 valence electrons. The summed E-state index contributed by atoms with van der Waals surface area (Å²) in [5.74, 6) is 0.309. The number of carbonyl (C=O) groups is 2. The van der Waals surface area contributed by atoms with Crippen LogP contribution >= 0.6 is 0 Å². The fraction of sp³-hybridized carbons (Fsp3) is 0.680. The number of hydrogen-bond donors (Lipinski definition) is 0. The maximum atomic E-state index is 12.4. The molecule has 0 heterocycles. The highest BCUT2D eigenvalue weighted by Crippen LogP contribution is 2.33. The van der Waals surface area contributed by atoms with Gasteiger partial charge in [-0.2, -0.15) is 0 Å². The fourth-order valence-electron chi connectivity index (χ4n) is 3.25. The third kappa shape index (κ3) is 11.1. The second kappa shape index (κ2) is 16.0. The van der Waals surface area contributed by atoms with Crippen molar-refractivity contribution >= 4 is 11.9 Å². The molecule has 0 fully saturated rings. The van der Waals surface area contributed by atoms with Gasteiger partial charge < -0.3 is 9.47 Å². The van der Waals surface area contributed by atoms with Crippen molar-refractivity contribution in [2.45, 2.75) is 111 Å². The van der Waals surface area contributed by atoms with Crippen molar-refractivity contribution in [3.8, 4) is 11.5 Å². The second-order valence-electron chi connectivity index (χ2n) is 7.77. The van der Waals surface area contributed by atoms with Gasteiger partial charge in [0, 0.05) is 12.8 Å². The molecule has 0 unspecified atom stereocenters. The number of aryl methyl sites for hydroxylation is 1. The Morgan fingerprint density at radius 2 is 1.24 bits per heavy atom. The molecule has 0 radical (unpaired) electrons. The van der Waals surface area contributed by atoms with Crippen molar-refractivity contribution in [1.82, 2.24) is 0 Å². The van der Waals surface area contributed by atoms with Gasteiger partial charge in [-0.05, 0) is 37.3 Å². The Morgan fingerprint density at radius 1 is 0.690 bits per heavy atom. The highest BCUT2D eigenvalue weighted by atomic mass is 16.6. The van der Waals surface area contributed by atoms with Gasteiger partial charge in [0.25, 0.3) is 0 Å². The third-order valence-electron chi connectivity index (χ3n) is 5.02. The van der Waals surface area contributed by atoms with E-state index in [9.17, 15) is 9.59 Å². The molecule has 0 saturated carbocycles. The van der Waals surface area contributed by atoms with E-state index in [1.807, 2.05) is 12.1 Å². The number of para-hydroxylation sites is 1. The molecule has 1 rings (SSSR count). The standard InChI is InChI=1S/C25H40O4/c1-4-7-10-13-19-23(26)28-22-18-15-17-21(16-12-9-6-3)25(22)29-24(27)20-14-11-8-5-2/h15,17-18H,4-14,16,19-20H2,1-3H3. The molecule has 1 aromatic carbocycles. The molecule has 4 heteroatoms. The van der Waals surface area contributed by atoms with Crippen LogP contribution in [-0.2, 0) is 16.0 Å². The first kappa shape index (κ1) is 25.2. The quantitative estimate of drug-likeness (QED) is 0.166. The van der Waals surface area contributed by atoms with Gasteiger partial charge in [-0.1, -0.05) is 84.3 Å². The SMILES string of the molecule is CCCCCCC(=O)Oc1cccc(CCCCC)c1OC(=O)CCCCCC. The highest BCUT2D eigenvalue weighted by Gasteiger charge is 2.17. The molecular weight excluding hydrogens is 364 g/mol. The summed E-state index contributed by atoms with van der Waals surface area (Å²) in [6, 6.07) is 5.57. The van der Waals surface area contributed by atoms with Crippen LogP contribution in [0.4, 0.5) is 0 Å². The lowest BCUT2D eigenvalue weighted by Gasteiger charge is -2.15. The topological polar surface area (TPSA) is 52.6 Å². The molecule has 4 nitrogen and oxygen atoms in total. The summed E-state index contributed by atoms with van der Waals surface area (Å²) in [5, 5.41) is 0. The molecule has 0 aliphatic carbocycles. The normalized spacial score (nSPS) is 10.7. The Bertz CT molecular complexity index is 594. The highest BCUT2D eigenvalue weighted by molar-refractivity contribution is 5.76. The Hall–Kier alpha value is -1.84. The molecule has 0 aliphatic rings. The Kier molecular flexibility index (Phi) is 13.9. The molecule has 1 aromatic rings. The smallest absolute Gasteiger partial charge is 0.311 e. The average molecular weight is 405 g/mol. The molecule has 29 heavy (non-hydrogen) atoms. The van der Waals surface area contributed by atoms with E-state index in [1.165, 1.54) is 0 Å². The predicted molar refractivity (Wildman–Crippen MR) is 118 cm³/mol. The van der Waals surface area contributed by atoms with Gasteiger partial charge in [0.1, 0.15) is 0 Å². The van der Waals surface area contributed by atoms with Gasteiger partial charge in [0.2, 0.25) is 0 Å². The lowest BCUT2D eigenvalue weighted by atomic mass is 10.1. The minimum atomic E-state index is -0.257. The van der Waals surface area contributed by atoms with Crippen molar-refractivity contribution in [3.05, 3.63) is 23.8 Å². The van der Waals surface area contributed by atoms with E-state index in [4.69, 9.17) is 9.47 Å². The number of ether oxygens (including phenoxy) is 2. The maximum absolute atomic E-state index is 12.4.